The zero-order valence-corrected chi connectivity index (χ0v) is 10.4. The molecule has 1 fully saturated rings. The summed E-state index contributed by atoms with van der Waals surface area (Å²) in [4.78, 5) is 17.9. The molecule has 0 atom stereocenters. The number of piperidine rings is 1. The van der Waals surface area contributed by atoms with Crippen LogP contribution in [-0.2, 0) is 0 Å². The van der Waals surface area contributed by atoms with Crippen LogP contribution in [0.2, 0.25) is 5.15 Å². The van der Waals surface area contributed by atoms with E-state index in [0.29, 0.717) is 18.0 Å². The normalized spacial score (nSPS) is 17.2. The quantitative estimate of drug-likeness (QED) is 0.814. The van der Waals surface area contributed by atoms with Gasteiger partial charge in [-0.1, -0.05) is 11.6 Å². The second kappa shape index (κ2) is 5.47. The molecular weight excluding hydrogens is 238 g/mol. The predicted octanol–water partition coefficient (Wildman–Crippen LogP) is 1.55. The van der Waals surface area contributed by atoms with Gasteiger partial charge in [0, 0.05) is 19.3 Å². The van der Waals surface area contributed by atoms with Gasteiger partial charge in [0.1, 0.15) is 5.15 Å². The summed E-state index contributed by atoms with van der Waals surface area (Å²) in [6.45, 7) is 2.22. The van der Waals surface area contributed by atoms with Gasteiger partial charge in [0.15, 0.2) is 0 Å². The smallest absolute Gasteiger partial charge is 0.256 e. The van der Waals surface area contributed by atoms with Gasteiger partial charge in [-0.3, -0.25) is 4.79 Å². The van der Waals surface area contributed by atoms with Crippen LogP contribution in [0.5, 0.6) is 0 Å². The van der Waals surface area contributed by atoms with E-state index in [1.807, 2.05) is 4.90 Å². The SMILES string of the molecule is NCC1CCN(C(=O)c2cccnc2Cl)CC1. The molecule has 1 aliphatic rings. The van der Waals surface area contributed by atoms with E-state index in [1.54, 1.807) is 18.3 Å². The largest absolute Gasteiger partial charge is 0.339 e. The van der Waals surface area contributed by atoms with Crippen molar-refractivity contribution in [2.75, 3.05) is 19.6 Å². The van der Waals surface area contributed by atoms with E-state index < -0.39 is 0 Å². The number of nitrogens with zero attached hydrogens (tertiary/aromatic N) is 2. The molecule has 4 nitrogen and oxygen atoms in total. The van der Waals surface area contributed by atoms with Crippen molar-refractivity contribution in [1.82, 2.24) is 9.88 Å². The first-order valence-corrected chi connectivity index (χ1v) is 6.20. The molecule has 0 radical (unpaired) electrons. The molecule has 1 amide bonds. The van der Waals surface area contributed by atoms with E-state index in [1.165, 1.54) is 0 Å². The van der Waals surface area contributed by atoms with Crippen molar-refractivity contribution in [2.24, 2.45) is 11.7 Å². The number of halogens is 1. The molecule has 0 saturated carbocycles. The van der Waals surface area contributed by atoms with E-state index in [-0.39, 0.29) is 11.1 Å². The van der Waals surface area contributed by atoms with Gasteiger partial charge in [-0.25, -0.2) is 4.98 Å². The van der Waals surface area contributed by atoms with Crippen molar-refractivity contribution >= 4 is 17.5 Å². The molecule has 2 rings (SSSR count). The Morgan fingerprint density at radius 2 is 2.24 bits per heavy atom. The molecule has 5 heteroatoms. The fourth-order valence-electron chi connectivity index (χ4n) is 2.09. The minimum absolute atomic E-state index is 0.0291. The highest BCUT2D eigenvalue weighted by molar-refractivity contribution is 6.32. The third kappa shape index (κ3) is 2.76. The van der Waals surface area contributed by atoms with Gasteiger partial charge in [-0.05, 0) is 37.4 Å². The summed E-state index contributed by atoms with van der Waals surface area (Å²) in [6.07, 6.45) is 3.53. The van der Waals surface area contributed by atoms with Crippen molar-refractivity contribution in [1.29, 1.82) is 0 Å². The molecule has 1 aromatic rings. The van der Waals surface area contributed by atoms with Gasteiger partial charge in [0.2, 0.25) is 0 Å². The minimum Gasteiger partial charge on any atom is -0.339 e. The number of hydrogen-bond donors (Lipinski definition) is 1. The second-order valence-electron chi connectivity index (χ2n) is 4.31. The summed E-state index contributed by atoms with van der Waals surface area (Å²) in [7, 11) is 0. The van der Waals surface area contributed by atoms with Gasteiger partial charge in [-0.15, -0.1) is 0 Å². The van der Waals surface area contributed by atoms with Crippen LogP contribution in [0.1, 0.15) is 23.2 Å². The first-order valence-electron chi connectivity index (χ1n) is 5.82. The number of pyridine rings is 1. The number of aromatic nitrogens is 1. The first-order chi connectivity index (χ1) is 8.22. The van der Waals surface area contributed by atoms with Crippen LogP contribution in [0.25, 0.3) is 0 Å². The van der Waals surface area contributed by atoms with Crippen LogP contribution in [0.15, 0.2) is 18.3 Å². The van der Waals surface area contributed by atoms with E-state index in [0.717, 1.165) is 25.9 Å². The lowest BCUT2D eigenvalue weighted by molar-refractivity contribution is 0.0693. The van der Waals surface area contributed by atoms with E-state index in [2.05, 4.69) is 4.98 Å². The third-order valence-electron chi connectivity index (χ3n) is 3.22. The zero-order chi connectivity index (χ0) is 12.3. The van der Waals surface area contributed by atoms with Crippen molar-refractivity contribution in [3.63, 3.8) is 0 Å². The van der Waals surface area contributed by atoms with Crippen molar-refractivity contribution < 1.29 is 4.79 Å². The number of amides is 1. The molecule has 0 bridgehead atoms. The van der Waals surface area contributed by atoms with Gasteiger partial charge in [0.25, 0.3) is 5.91 Å². The van der Waals surface area contributed by atoms with Gasteiger partial charge in [0.05, 0.1) is 5.56 Å². The maximum absolute atomic E-state index is 12.2. The molecule has 0 aliphatic carbocycles. The molecule has 92 valence electrons. The molecule has 0 spiro atoms. The summed E-state index contributed by atoms with van der Waals surface area (Å²) < 4.78 is 0. The molecule has 2 heterocycles. The van der Waals surface area contributed by atoms with Gasteiger partial charge >= 0.3 is 0 Å². The maximum atomic E-state index is 12.2. The average molecular weight is 254 g/mol. The summed E-state index contributed by atoms with van der Waals surface area (Å²) in [5.41, 5.74) is 6.11. The van der Waals surface area contributed by atoms with E-state index in [9.17, 15) is 4.79 Å². The highest BCUT2D eigenvalue weighted by atomic mass is 35.5. The van der Waals surface area contributed by atoms with Crippen LogP contribution in [0.3, 0.4) is 0 Å². The Bertz CT molecular complexity index is 402. The van der Waals surface area contributed by atoms with Gasteiger partial charge < -0.3 is 10.6 Å². The predicted molar refractivity (Wildman–Crippen MR) is 66.9 cm³/mol. The molecule has 17 heavy (non-hydrogen) atoms. The molecule has 1 aromatic heterocycles. The summed E-state index contributed by atoms with van der Waals surface area (Å²) in [5, 5.41) is 0.276. The molecular formula is C12H16ClN3O. The number of carbonyl (C=O) groups is 1. The lowest BCUT2D eigenvalue weighted by Crippen LogP contribution is -2.40. The lowest BCUT2D eigenvalue weighted by atomic mass is 9.97. The van der Waals surface area contributed by atoms with Crippen LogP contribution in [0.4, 0.5) is 0 Å². The minimum atomic E-state index is -0.0291. The fourth-order valence-corrected chi connectivity index (χ4v) is 2.29. The Hall–Kier alpha value is -1.13. The topological polar surface area (TPSA) is 59.2 Å². The van der Waals surface area contributed by atoms with E-state index in [4.69, 9.17) is 17.3 Å². The van der Waals surface area contributed by atoms with Crippen LogP contribution in [0, 0.1) is 5.92 Å². The lowest BCUT2D eigenvalue weighted by Gasteiger charge is -2.31. The highest BCUT2D eigenvalue weighted by Crippen LogP contribution is 2.20. The number of hydrogen-bond acceptors (Lipinski definition) is 3. The first kappa shape index (κ1) is 12.3. The zero-order valence-electron chi connectivity index (χ0n) is 9.60. The number of carbonyl (C=O) groups excluding carboxylic acids is 1. The van der Waals surface area contributed by atoms with Crippen LogP contribution < -0.4 is 5.73 Å². The Labute approximate surface area is 106 Å². The number of rotatable bonds is 2. The second-order valence-corrected chi connectivity index (χ2v) is 4.67. The van der Waals surface area contributed by atoms with Crippen LogP contribution >= 0.6 is 11.6 Å². The number of nitrogens with two attached hydrogens (primary N) is 1. The fraction of sp³-hybridized carbons (Fsp3) is 0.500. The molecule has 0 aromatic carbocycles. The highest BCUT2D eigenvalue weighted by Gasteiger charge is 2.24. The number of likely N-dealkylation sites (tertiary alicyclic amines) is 1. The molecule has 1 aliphatic heterocycles. The Morgan fingerprint density at radius 1 is 1.53 bits per heavy atom. The third-order valence-corrected chi connectivity index (χ3v) is 3.53. The summed E-state index contributed by atoms with van der Waals surface area (Å²) in [5.74, 6) is 0.516. The Kier molecular flexibility index (Phi) is 3.97. The van der Waals surface area contributed by atoms with Crippen molar-refractivity contribution in [2.45, 2.75) is 12.8 Å². The summed E-state index contributed by atoms with van der Waals surface area (Å²) >= 11 is 5.92. The maximum Gasteiger partial charge on any atom is 0.256 e. The molecule has 1 saturated heterocycles. The Balaban J connectivity index is 2.04. The van der Waals surface area contributed by atoms with Crippen molar-refractivity contribution in [3.8, 4) is 0 Å². The average Bonchev–Trinajstić information content (AvgIpc) is 2.39. The Morgan fingerprint density at radius 3 is 2.82 bits per heavy atom. The summed E-state index contributed by atoms with van der Waals surface area (Å²) in [6, 6.07) is 3.44. The van der Waals surface area contributed by atoms with Gasteiger partial charge in [-0.2, -0.15) is 0 Å². The molecule has 0 unspecified atom stereocenters. The molecule has 2 N–H and O–H groups in total. The van der Waals surface area contributed by atoms with Crippen molar-refractivity contribution in [3.05, 3.63) is 29.0 Å². The standard InChI is InChI=1S/C12H16ClN3O/c13-11-10(2-1-5-15-11)12(17)16-6-3-9(8-14)4-7-16/h1-2,5,9H,3-4,6-8,14H2. The van der Waals surface area contributed by atoms with E-state index >= 15 is 0 Å². The monoisotopic (exact) mass is 253 g/mol. The van der Waals surface area contributed by atoms with Crippen LogP contribution in [-0.4, -0.2) is 35.4 Å².